The van der Waals surface area contributed by atoms with Gasteiger partial charge in [0.05, 0.1) is 5.52 Å². The number of carbonyl (C=O) groups is 2. The van der Waals surface area contributed by atoms with Crippen molar-refractivity contribution in [3.63, 3.8) is 0 Å². The molecule has 8 heteroatoms. The first-order valence-corrected chi connectivity index (χ1v) is 12.0. The van der Waals surface area contributed by atoms with Crippen LogP contribution in [0.5, 0.6) is 0 Å². The number of nitrogens with one attached hydrogen (secondary N) is 1. The molecule has 1 N–H and O–H groups in total. The van der Waals surface area contributed by atoms with Crippen LogP contribution in [0.3, 0.4) is 0 Å². The van der Waals surface area contributed by atoms with Gasteiger partial charge in [0.1, 0.15) is 23.9 Å². The van der Waals surface area contributed by atoms with E-state index in [1.807, 2.05) is 42.5 Å². The lowest BCUT2D eigenvalue weighted by molar-refractivity contribution is -0.127. The molecule has 0 spiro atoms. The van der Waals surface area contributed by atoms with E-state index in [1.54, 1.807) is 31.2 Å². The van der Waals surface area contributed by atoms with E-state index in [1.165, 1.54) is 15.6 Å². The molecule has 0 radical (unpaired) electrons. The molecule has 0 fully saturated rings. The van der Waals surface area contributed by atoms with Crippen LogP contribution in [-0.4, -0.2) is 33.4 Å². The van der Waals surface area contributed by atoms with Crippen molar-refractivity contribution in [1.82, 2.24) is 20.3 Å². The Morgan fingerprint density at radius 3 is 2.47 bits per heavy atom. The van der Waals surface area contributed by atoms with Crippen molar-refractivity contribution in [2.24, 2.45) is 5.92 Å². The zero-order valence-electron chi connectivity index (χ0n) is 20.7. The second kappa shape index (κ2) is 11.1. The molecule has 1 atom stereocenters. The van der Waals surface area contributed by atoms with Gasteiger partial charge in [-0.25, -0.2) is 9.07 Å². The van der Waals surface area contributed by atoms with Crippen LogP contribution in [-0.2, 0) is 16.1 Å². The maximum absolute atomic E-state index is 14.7. The second-order valence-electron chi connectivity index (χ2n) is 9.22. The third kappa shape index (κ3) is 5.59. The summed E-state index contributed by atoms with van der Waals surface area (Å²) < 4.78 is 16.2. The van der Waals surface area contributed by atoms with Crippen molar-refractivity contribution in [2.75, 3.05) is 11.4 Å². The molecule has 36 heavy (non-hydrogen) atoms. The molecule has 186 valence electrons. The number of carbonyl (C=O) groups excluding carboxylic acids is 2. The van der Waals surface area contributed by atoms with Gasteiger partial charge in [-0.05, 0) is 54.7 Å². The van der Waals surface area contributed by atoms with E-state index in [2.05, 4.69) is 29.5 Å². The lowest BCUT2D eigenvalue weighted by Gasteiger charge is -2.32. The van der Waals surface area contributed by atoms with Gasteiger partial charge in [-0.15, -0.1) is 5.10 Å². The molecule has 0 bridgehead atoms. The number of hydrogen-bond donors (Lipinski definition) is 1. The number of anilines is 1. The summed E-state index contributed by atoms with van der Waals surface area (Å²) in [5.41, 5.74) is 2.71. The minimum Gasteiger partial charge on any atom is -0.354 e. The van der Waals surface area contributed by atoms with Gasteiger partial charge in [0.15, 0.2) is 0 Å². The first-order valence-electron chi connectivity index (χ1n) is 12.0. The number of para-hydroxylation sites is 1. The maximum Gasteiger partial charge on any atom is 0.249 e. The predicted molar refractivity (Wildman–Crippen MR) is 138 cm³/mol. The Morgan fingerprint density at radius 2 is 1.75 bits per heavy atom. The van der Waals surface area contributed by atoms with Gasteiger partial charge in [0, 0.05) is 12.2 Å². The van der Waals surface area contributed by atoms with E-state index in [9.17, 15) is 14.0 Å². The molecule has 0 saturated heterocycles. The van der Waals surface area contributed by atoms with Crippen LogP contribution >= 0.6 is 0 Å². The Morgan fingerprint density at radius 1 is 1.03 bits per heavy atom. The van der Waals surface area contributed by atoms with Crippen molar-refractivity contribution in [3.05, 3.63) is 89.7 Å². The van der Waals surface area contributed by atoms with Crippen molar-refractivity contribution >= 4 is 28.5 Å². The highest BCUT2D eigenvalue weighted by molar-refractivity contribution is 6.01. The molecule has 1 aromatic heterocycles. The van der Waals surface area contributed by atoms with E-state index in [0.717, 1.165) is 6.42 Å². The highest BCUT2D eigenvalue weighted by Crippen LogP contribution is 2.30. The summed E-state index contributed by atoms with van der Waals surface area (Å²) in [4.78, 5) is 28.8. The number of aromatic nitrogens is 3. The summed E-state index contributed by atoms with van der Waals surface area (Å²) in [5, 5.41) is 11.2. The third-order valence-corrected chi connectivity index (χ3v) is 6.05. The topological polar surface area (TPSA) is 80.1 Å². The summed E-state index contributed by atoms with van der Waals surface area (Å²) in [6, 6.07) is 19.9. The molecule has 4 aromatic rings. The number of amides is 2. The molecular weight excluding hydrogens is 457 g/mol. The van der Waals surface area contributed by atoms with Crippen molar-refractivity contribution < 1.29 is 14.0 Å². The molecule has 1 unspecified atom stereocenters. The first kappa shape index (κ1) is 25.0. The zero-order valence-corrected chi connectivity index (χ0v) is 20.7. The summed E-state index contributed by atoms with van der Waals surface area (Å²) >= 11 is 0. The summed E-state index contributed by atoms with van der Waals surface area (Å²) in [7, 11) is 0. The summed E-state index contributed by atoms with van der Waals surface area (Å²) in [6.07, 6.45) is 0.797. The number of fused-ring (bicyclic) bond motifs is 1. The molecule has 0 aliphatic rings. The molecule has 0 aliphatic heterocycles. The van der Waals surface area contributed by atoms with Gasteiger partial charge in [0.2, 0.25) is 11.8 Å². The largest absolute Gasteiger partial charge is 0.354 e. The Bertz CT molecular complexity index is 1350. The normalized spacial score (nSPS) is 12.0. The lowest BCUT2D eigenvalue weighted by Crippen LogP contribution is -2.45. The van der Waals surface area contributed by atoms with Crippen molar-refractivity contribution in [1.29, 1.82) is 0 Å². The van der Waals surface area contributed by atoms with Crippen LogP contribution in [0.2, 0.25) is 0 Å². The van der Waals surface area contributed by atoms with Gasteiger partial charge in [0.25, 0.3) is 0 Å². The highest BCUT2D eigenvalue weighted by atomic mass is 19.1. The fourth-order valence-electron chi connectivity index (χ4n) is 4.04. The van der Waals surface area contributed by atoms with E-state index >= 15 is 0 Å². The minimum absolute atomic E-state index is 0.168. The Hall–Kier alpha value is -4.07. The van der Waals surface area contributed by atoms with Gasteiger partial charge in [-0.3, -0.25) is 14.5 Å². The van der Waals surface area contributed by atoms with Gasteiger partial charge in [-0.2, -0.15) is 0 Å². The van der Waals surface area contributed by atoms with E-state index < -0.39 is 17.8 Å². The number of rotatable bonds is 9. The quantitative estimate of drug-likeness (QED) is 0.367. The van der Waals surface area contributed by atoms with E-state index in [4.69, 9.17) is 0 Å². The molecule has 4 rings (SSSR count). The third-order valence-electron chi connectivity index (χ3n) is 6.05. The number of hydrogen-bond acceptors (Lipinski definition) is 4. The molecule has 7 nitrogen and oxygen atoms in total. The fraction of sp³-hybridized carbons (Fsp3) is 0.286. The summed E-state index contributed by atoms with van der Waals surface area (Å²) in [5.74, 6) is -0.796. The number of halogens is 1. The molecule has 1 heterocycles. The maximum atomic E-state index is 14.7. The second-order valence-corrected chi connectivity index (χ2v) is 9.22. The average molecular weight is 488 g/mol. The number of benzene rings is 3. The minimum atomic E-state index is -0.997. The Labute approximate surface area is 209 Å². The Balaban J connectivity index is 1.77. The molecule has 3 aromatic carbocycles. The van der Waals surface area contributed by atoms with Crippen molar-refractivity contribution in [2.45, 2.75) is 39.8 Å². The van der Waals surface area contributed by atoms with Crippen molar-refractivity contribution in [3.8, 4) is 0 Å². The highest BCUT2D eigenvalue weighted by Gasteiger charge is 2.33. The molecule has 0 aliphatic carbocycles. The average Bonchev–Trinajstić information content (AvgIpc) is 3.27. The van der Waals surface area contributed by atoms with E-state index in [-0.39, 0.29) is 12.5 Å². The molecule has 0 saturated carbocycles. The van der Waals surface area contributed by atoms with Crippen LogP contribution in [0.15, 0.2) is 72.8 Å². The standard InChI is InChI=1S/C28H30FN5O2/c1-19(2)15-16-30-28(36)27(21-9-5-4-6-10-21)34(22-14-13-20(3)23(29)17-22)26(35)18-33-25-12-8-7-11-24(25)31-32-33/h4-14,17,19,27H,15-16,18H2,1-3H3,(H,30,36). The van der Waals surface area contributed by atoms with E-state index in [0.29, 0.717) is 40.3 Å². The molecule has 2 amide bonds. The smallest absolute Gasteiger partial charge is 0.249 e. The lowest BCUT2D eigenvalue weighted by atomic mass is 10.0. The predicted octanol–water partition coefficient (Wildman–Crippen LogP) is 4.82. The number of aryl methyl sites for hydroxylation is 1. The van der Waals surface area contributed by atoms with Crippen LogP contribution in [0.4, 0.5) is 10.1 Å². The van der Waals surface area contributed by atoms with Crippen LogP contribution in [0.25, 0.3) is 11.0 Å². The SMILES string of the molecule is Cc1ccc(N(C(=O)Cn2nnc3ccccc32)C(C(=O)NCCC(C)C)c2ccccc2)cc1F. The van der Waals surface area contributed by atoms with Crippen LogP contribution in [0.1, 0.15) is 37.4 Å². The van der Waals surface area contributed by atoms with Gasteiger partial charge in [-0.1, -0.05) is 67.6 Å². The molecular formula is C28H30FN5O2. The summed E-state index contributed by atoms with van der Waals surface area (Å²) in [6.45, 7) is 6.11. The van der Waals surface area contributed by atoms with Gasteiger partial charge < -0.3 is 5.32 Å². The zero-order chi connectivity index (χ0) is 25.7. The van der Waals surface area contributed by atoms with Crippen LogP contribution < -0.4 is 10.2 Å². The monoisotopic (exact) mass is 487 g/mol. The first-order chi connectivity index (χ1) is 17.3. The Kier molecular flexibility index (Phi) is 7.73. The van der Waals surface area contributed by atoms with Gasteiger partial charge >= 0.3 is 0 Å². The fourth-order valence-corrected chi connectivity index (χ4v) is 4.04. The van der Waals surface area contributed by atoms with Crippen LogP contribution in [0, 0.1) is 18.7 Å². The number of nitrogens with zero attached hydrogens (tertiary/aromatic N) is 4.